The molecule has 0 saturated heterocycles. The van der Waals surface area contributed by atoms with Crippen LogP contribution in [0.4, 0.5) is 13.2 Å². The molecule has 0 aliphatic carbocycles. The summed E-state index contributed by atoms with van der Waals surface area (Å²) in [5.74, 6) is 1.64. The van der Waals surface area contributed by atoms with E-state index in [2.05, 4.69) is 50.6 Å². The lowest BCUT2D eigenvalue weighted by Crippen LogP contribution is -2.45. The van der Waals surface area contributed by atoms with Gasteiger partial charge in [-0.3, -0.25) is 9.59 Å². The highest BCUT2D eigenvalue weighted by Crippen LogP contribution is 2.35. The molecule has 0 spiro atoms. The molecule has 1 aromatic rings. The Hall–Kier alpha value is -2.27. The van der Waals surface area contributed by atoms with Gasteiger partial charge in [-0.1, -0.05) is 52.1 Å². The lowest BCUT2D eigenvalue weighted by atomic mass is 10.1. The topological polar surface area (TPSA) is 72.2 Å². The van der Waals surface area contributed by atoms with E-state index >= 15 is 0 Å². The highest BCUT2D eigenvalue weighted by molar-refractivity contribution is 6.87. The second kappa shape index (κ2) is 8.82. The zero-order valence-electron chi connectivity index (χ0n) is 16.8. The average Bonchev–Trinajstić information content (AvgIpc) is 2.52. The summed E-state index contributed by atoms with van der Waals surface area (Å²) >= 11 is 0. The number of carbonyl (C=O) groups is 2. The zero-order valence-corrected chi connectivity index (χ0v) is 17.8. The second-order valence-corrected chi connectivity index (χ2v) is 13.3. The number of hydrogen-bond donors (Lipinski definition) is 2. The van der Waals surface area contributed by atoms with Crippen LogP contribution in [0.3, 0.4) is 0 Å². The Labute approximate surface area is 165 Å². The number of halogens is 3. The van der Waals surface area contributed by atoms with Crippen LogP contribution in [-0.4, -0.2) is 25.9 Å². The fourth-order valence-electron chi connectivity index (χ4n) is 2.07. The van der Waals surface area contributed by atoms with Gasteiger partial charge in [0.15, 0.2) is 0 Å². The predicted molar refractivity (Wildman–Crippen MR) is 106 cm³/mol. The van der Waals surface area contributed by atoms with Crippen LogP contribution in [-0.2, 0) is 22.2 Å². The van der Waals surface area contributed by atoms with Gasteiger partial charge in [0.2, 0.25) is 11.8 Å². The van der Waals surface area contributed by atoms with Crippen molar-refractivity contribution >= 4 is 19.9 Å². The van der Waals surface area contributed by atoms with Crippen molar-refractivity contribution in [2.45, 2.75) is 64.0 Å². The molecule has 1 atom stereocenters. The van der Waals surface area contributed by atoms with Gasteiger partial charge < -0.3 is 11.1 Å². The van der Waals surface area contributed by atoms with Crippen LogP contribution in [0.2, 0.25) is 18.1 Å². The van der Waals surface area contributed by atoms with Gasteiger partial charge in [-0.05, 0) is 16.7 Å². The molecule has 154 valence electrons. The molecular formula is C20H27F3N2O2Si. The standard InChI is InChI=1S/C20H27F3N2O2Si/c1-19(2,3)28(4,5)11-7-10-16(18(24)27)25-17(26)13-14-8-6-9-15(12-14)20(21,22)23/h6,8-9,12,16H,10,13H2,1-5H3,(H2,24,27)(H,25,26)/t16-/m0/s1. The van der Waals surface area contributed by atoms with Crippen molar-refractivity contribution in [1.29, 1.82) is 0 Å². The molecule has 1 rings (SSSR count). The summed E-state index contributed by atoms with van der Waals surface area (Å²) in [6.07, 6.45) is -4.71. The minimum atomic E-state index is -4.48. The molecule has 2 amide bonds. The maximum atomic E-state index is 12.8. The van der Waals surface area contributed by atoms with Crippen LogP contribution >= 0.6 is 0 Å². The molecule has 0 aliphatic heterocycles. The van der Waals surface area contributed by atoms with Crippen LogP contribution in [0.5, 0.6) is 0 Å². The predicted octanol–water partition coefficient (Wildman–Crippen LogP) is 3.66. The second-order valence-electron chi connectivity index (χ2n) is 8.28. The summed E-state index contributed by atoms with van der Waals surface area (Å²) in [7, 11) is -1.86. The first-order valence-electron chi connectivity index (χ1n) is 8.88. The Morgan fingerprint density at radius 3 is 2.32 bits per heavy atom. The summed E-state index contributed by atoms with van der Waals surface area (Å²) < 4.78 is 38.3. The molecule has 3 N–H and O–H groups in total. The van der Waals surface area contributed by atoms with Gasteiger partial charge in [-0.25, -0.2) is 0 Å². The minimum absolute atomic E-state index is 0.0506. The molecule has 0 aliphatic rings. The Bertz CT molecular complexity index is 787. The molecule has 0 unspecified atom stereocenters. The smallest absolute Gasteiger partial charge is 0.368 e. The number of alkyl halides is 3. The van der Waals surface area contributed by atoms with E-state index in [1.165, 1.54) is 12.1 Å². The van der Waals surface area contributed by atoms with Crippen LogP contribution in [0, 0.1) is 11.5 Å². The lowest BCUT2D eigenvalue weighted by Gasteiger charge is -2.31. The molecule has 1 aromatic carbocycles. The van der Waals surface area contributed by atoms with Gasteiger partial charge in [-0.15, -0.1) is 11.5 Å². The first kappa shape index (κ1) is 23.8. The van der Waals surface area contributed by atoms with E-state index in [0.29, 0.717) is 0 Å². The van der Waals surface area contributed by atoms with Crippen LogP contribution in [0.1, 0.15) is 38.3 Å². The number of rotatable bonds is 5. The number of benzene rings is 1. The van der Waals surface area contributed by atoms with Gasteiger partial charge >= 0.3 is 6.18 Å². The van der Waals surface area contributed by atoms with Gasteiger partial charge in [0.05, 0.1) is 12.0 Å². The Kier molecular flexibility index (Phi) is 7.49. The van der Waals surface area contributed by atoms with E-state index in [9.17, 15) is 22.8 Å². The van der Waals surface area contributed by atoms with E-state index in [4.69, 9.17) is 5.73 Å². The third kappa shape index (κ3) is 7.04. The highest BCUT2D eigenvalue weighted by atomic mass is 28.3. The largest absolute Gasteiger partial charge is 0.416 e. The number of carbonyl (C=O) groups excluding carboxylic acids is 2. The summed E-state index contributed by atoms with van der Waals surface area (Å²) in [4.78, 5) is 23.8. The molecule has 0 aromatic heterocycles. The monoisotopic (exact) mass is 412 g/mol. The van der Waals surface area contributed by atoms with E-state index in [1.807, 2.05) is 0 Å². The Balaban J connectivity index is 2.81. The quantitative estimate of drug-likeness (QED) is 0.572. The van der Waals surface area contributed by atoms with Crippen molar-refractivity contribution in [2.75, 3.05) is 0 Å². The maximum absolute atomic E-state index is 12.8. The normalized spacial score (nSPS) is 13.3. The third-order valence-corrected chi connectivity index (χ3v) is 9.43. The molecule has 0 heterocycles. The van der Waals surface area contributed by atoms with Crippen molar-refractivity contribution in [3.05, 3.63) is 35.4 Å². The summed E-state index contributed by atoms with van der Waals surface area (Å²) in [5, 5.41) is 2.52. The van der Waals surface area contributed by atoms with Gasteiger partial charge in [0.25, 0.3) is 0 Å². The Morgan fingerprint density at radius 1 is 1.21 bits per heavy atom. The number of nitrogens with two attached hydrogens (primary N) is 1. The van der Waals surface area contributed by atoms with Crippen LogP contribution in [0.15, 0.2) is 24.3 Å². The zero-order chi connectivity index (χ0) is 21.8. The van der Waals surface area contributed by atoms with E-state index in [-0.39, 0.29) is 23.4 Å². The van der Waals surface area contributed by atoms with Gasteiger partial charge in [0, 0.05) is 6.42 Å². The third-order valence-electron chi connectivity index (χ3n) is 4.88. The van der Waals surface area contributed by atoms with Crippen molar-refractivity contribution < 1.29 is 22.8 Å². The van der Waals surface area contributed by atoms with E-state index in [0.717, 1.165) is 12.1 Å². The number of hydrogen-bond acceptors (Lipinski definition) is 2. The van der Waals surface area contributed by atoms with Crippen LogP contribution < -0.4 is 11.1 Å². The Morgan fingerprint density at radius 2 is 1.82 bits per heavy atom. The molecule has 0 fully saturated rings. The SMILES string of the molecule is CC(C)(C)[Si](C)(C)C#CC[C@H](NC(=O)Cc1cccc(C(F)(F)F)c1)C(N)=O. The van der Waals surface area contributed by atoms with Crippen molar-refractivity contribution in [1.82, 2.24) is 5.32 Å². The fourth-order valence-corrected chi connectivity index (χ4v) is 2.99. The maximum Gasteiger partial charge on any atom is 0.416 e. The van der Waals surface area contributed by atoms with Crippen LogP contribution in [0.25, 0.3) is 0 Å². The average molecular weight is 413 g/mol. The minimum Gasteiger partial charge on any atom is -0.368 e. The molecule has 0 saturated carbocycles. The molecule has 28 heavy (non-hydrogen) atoms. The fraction of sp³-hybridized carbons (Fsp3) is 0.500. The molecule has 0 bridgehead atoms. The summed E-state index contributed by atoms with van der Waals surface area (Å²) in [5.41, 5.74) is 7.94. The van der Waals surface area contributed by atoms with E-state index < -0.39 is 37.7 Å². The van der Waals surface area contributed by atoms with Gasteiger partial charge in [0.1, 0.15) is 14.1 Å². The summed E-state index contributed by atoms with van der Waals surface area (Å²) in [6.45, 7) is 10.6. The number of amides is 2. The highest BCUT2D eigenvalue weighted by Gasteiger charge is 2.34. The lowest BCUT2D eigenvalue weighted by molar-refractivity contribution is -0.137. The molecule has 8 heteroatoms. The molecule has 4 nitrogen and oxygen atoms in total. The van der Waals surface area contributed by atoms with Crippen molar-refractivity contribution in [3.8, 4) is 11.5 Å². The number of nitrogens with one attached hydrogen (secondary N) is 1. The summed E-state index contributed by atoms with van der Waals surface area (Å²) in [6, 6.07) is 3.52. The first-order valence-corrected chi connectivity index (χ1v) is 11.9. The van der Waals surface area contributed by atoms with Crippen molar-refractivity contribution in [3.63, 3.8) is 0 Å². The molecular weight excluding hydrogens is 385 g/mol. The van der Waals surface area contributed by atoms with E-state index in [1.54, 1.807) is 0 Å². The molecule has 0 radical (unpaired) electrons. The van der Waals surface area contributed by atoms with Crippen molar-refractivity contribution in [2.24, 2.45) is 5.73 Å². The first-order chi connectivity index (χ1) is 12.6. The van der Waals surface area contributed by atoms with Gasteiger partial charge in [-0.2, -0.15) is 13.2 Å². The number of primary amides is 1.